The Morgan fingerprint density at radius 3 is 2.42 bits per heavy atom. The summed E-state index contributed by atoms with van der Waals surface area (Å²) >= 11 is 0. The van der Waals surface area contributed by atoms with E-state index in [-0.39, 0.29) is 5.91 Å². The third-order valence-electron chi connectivity index (χ3n) is 4.24. The predicted molar refractivity (Wildman–Crippen MR) is 101 cm³/mol. The lowest BCUT2D eigenvalue weighted by atomic mass is 10.1. The van der Waals surface area contributed by atoms with Crippen LogP contribution in [0.4, 0.5) is 0 Å². The van der Waals surface area contributed by atoms with Gasteiger partial charge in [0.25, 0.3) is 0 Å². The van der Waals surface area contributed by atoms with Gasteiger partial charge >= 0.3 is 5.97 Å². The van der Waals surface area contributed by atoms with Crippen LogP contribution in [0.25, 0.3) is 0 Å². The number of unbranched alkanes of at least 4 members (excludes halogenated alkanes) is 7. The maximum Gasteiger partial charge on any atom is 0.329 e. The molecule has 4 N–H and O–H groups in total. The van der Waals surface area contributed by atoms with Crippen molar-refractivity contribution in [2.45, 2.75) is 83.7 Å². The number of nitrogens with one attached hydrogen (secondary N) is 2. The van der Waals surface area contributed by atoms with Crippen LogP contribution in [0.2, 0.25) is 0 Å². The topological polar surface area (TPSA) is 110 Å². The van der Waals surface area contributed by atoms with Crippen LogP contribution in [0.15, 0.2) is 12.5 Å². The fraction of sp³-hybridized carbons (Fsp3) is 0.737. The van der Waals surface area contributed by atoms with Crippen molar-refractivity contribution in [3.05, 3.63) is 18.2 Å². The number of carbonyl (C=O) groups excluding carboxylic acids is 2. The van der Waals surface area contributed by atoms with Gasteiger partial charge < -0.3 is 20.8 Å². The highest BCUT2D eigenvalue weighted by molar-refractivity contribution is 5.87. The Hall–Kier alpha value is -1.89. The Morgan fingerprint density at radius 2 is 1.85 bits per heavy atom. The number of aromatic nitrogens is 2. The van der Waals surface area contributed by atoms with Gasteiger partial charge in [-0.25, -0.2) is 9.78 Å². The van der Waals surface area contributed by atoms with Crippen molar-refractivity contribution in [2.24, 2.45) is 5.73 Å². The first-order valence-electron chi connectivity index (χ1n) is 9.74. The minimum Gasteiger partial charge on any atom is -0.464 e. The highest BCUT2D eigenvalue weighted by atomic mass is 16.5. The second-order valence-corrected chi connectivity index (χ2v) is 6.77. The number of nitrogens with zero attached hydrogens (tertiary/aromatic N) is 1. The fourth-order valence-electron chi connectivity index (χ4n) is 2.62. The summed E-state index contributed by atoms with van der Waals surface area (Å²) in [5.74, 6) is -0.810. The van der Waals surface area contributed by atoms with Gasteiger partial charge in [-0.15, -0.1) is 0 Å². The summed E-state index contributed by atoms with van der Waals surface area (Å²) in [6.45, 7) is 4.17. The number of imidazole rings is 1. The van der Waals surface area contributed by atoms with Gasteiger partial charge in [-0.2, -0.15) is 0 Å². The number of esters is 1. The van der Waals surface area contributed by atoms with Crippen LogP contribution >= 0.6 is 0 Å². The van der Waals surface area contributed by atoms with Gasteiger partial charge in [0.2, 0.25) is 5.91 Å². The second-order valence-electron chi connectivity index (χ2n) is 6.77. The van der Waals surface area contributed by atoms with Crippen LogP contribution < -0.4 is 11.1 Å². The quantitative estimate of drug-likeness (QED) is 0.346. The third kappa shape index (κ3) is 9.56. The Bertz CT molecular complexity index is 503. The smallest absolute Gasteiger partial charge is 0.329 e. The van der Waals surface area contributed by atoms with E-state index in [0.717, 1.165) is 18.5 Å². The zero-order valence-corrected chi connectivity index (χ0v) is 16.1. The number of aromatic amines is 1. The average molecular weight is 367 g/mol. The van der Waals surface area contributed by atoms with Gasteiger partial charge in [0.1, 0.15) is 6.04 Å². The standard InChI is InChI=1S/C19H34N4O3/c1-3-4-5-6-7-8-9-10-11-26-19(25)17(23-18(24)15(2)20)12-16-13-21-14-22-16/h13-15,17H,3-12,20H2,1-2H3,(H,21,22)(H,23,24)/t15-,17-/m0/s1. The number of hydrogen-bond acceptors (Lipinski definition) is 5. The lowest BCUT2D eigenvalue weighted by Crippen LogP contribution is -2.49. The van der Waals surface area contributed by atoms with E-state index in [1.54, 1.807) is 13.1 Å². The second kappa shape index (κ2) is 13.3. The summed E-state index contributed by atoms with van der Waals surface area (Å²) in [7, 11) is 0. The number of carbonyl (C=O) groups is 2. The molecule has 0 spiro atoms. The number of nitrogens with two attached hydrogens (primary N) is 1. The summed E-state index contributed by atoms with van der Waals surface area (Å²) in [6.07, 6.45) is 12.9. The zero-order chi connectivity index (χ0) is 19.2. The summed E-state index contributed by atoms with van der Waals surface area (Å²) in [6, 6.07) is -1.44. The van der Waals surface area contributed by atoms with Crippen LogP contribution in [0.3, 0.4) is 0 Å². The molecule has 0 fully saturated rings. The molecule has 1 heterocycles. The molecule has 0 aliphatic carbocycles. The highest BCUT2D eigenvalue weighted by Gasteiger charge is 2.24. The van der Waals surface area contributed by atoms with Crippen molar-refractivity contribution in [1.82, 2.24) is 15.3 Å². The molecule has 148 valence electrons. The molecule has 1 aromatic heterocycles. The van der Waals surface area contributed by atoms with Gasteiger partial charge in [0.15, 0.2) is 0 Å². The van der Waals surface area contributed by atoms with Gasteiger partial charge in [-0.05, 0) is 13.3 Å². The number of amides is 1. The third-order valence-corrected chi connectivity index (χ3v) is 4.24. The molecule has 7 nitrogen and oxygen atoms in total. The van der Waals surface area contributed by atoms with E-state index >= 15 is 0 Å². The molecule has 0 radical (unpaired) electrons. The molecule has 0 aromatic carbocycles. The number of hydrogen-bond donors (Lipinski definition) is 3. The van der Waals surface area contributed by atoms with Gasteiger partial charge in [-0.3, -0.25) is 4.79 Å². The van der Waals surface area contributed by atoms with Crippen LogP contribution in [-0.2, 0) is 20.7 Å². The first-order valence-corrected chi connectivity index (χ1v) is 9.74. The van der Waals surface area contributed by atoms with Crippen molar-refractivity contribution < 1.29 is 14.3 Å². The highest BCUT2D eigenvalue weighted by Crippen LogP contribution is 2.09. The largest absolute Gasteiger partial charge is 0.464 e. The zero-order valence-electron chi connectivity index (χ0n) is 16.1. The van der Waals surface area contributed by atoms with E-state index in [1.807, 2.05) is 0 Å². The molecule has 0 bridgehead atoms. The van der Waals surface area contributed by atoms with Crippen molar-refractivity contribution in [1.29, 1.82) is 0 Å². The fourth-order valence-corrected chi connectivity index (χ4v) is 2.62. The lowest BCUT2D eigenvalue weighted by Gasteiger charge is -2.18. The molecule has 2 atom stereocenters. The molecular weight excluding hydrogens is 332 g/mol. The van der Waals surface area contributed by atoms with Crippen molar-refractivity contribution in [3.8, 4) is 0 Å². The minimum atomic E-state index is -0.761. The number of ether oxygens (including phenoxy) is 1. The number of rotatable bonds is 14. The summed E-state index contributed by atoms with van der Waals surface area (Å²) in [5.41, 5.74) is 6.33. The average Bonchev–Trinajstić information content (AvgIpc) is 3.12. The summed E-state index contributed by atoms with van der Waals surface area (Å²) in [4.78, 5) is 31.0. The molecule has 7 heteroatoms. The van der Waals surface area contributed by atoms with E-state index in [1.165, 1.54) is 44.9 Å². The Kier molecular flexibility index (Phi) is 11.4. The Morgan fingerprint density at radius 1 is 1.19 bits per heavy atom. The van der Waals surface area contributed by atoms with Gasteiger partial charge in [0, 0.05) is 18.3 Å². The van der Waals surface area contributed by atoms with E-state index in [9.17, 15) is 9.59 Å². The summed E-state index contributed by atoms with van der Waals surface area (Å²) < 4.78 is 5.35. The molecule has 1 aromatic rings. The minimum absolute atomic E-state index is 0.300. The predicted octanol–water partition coefficient (Wildman–Crippen LogP) is 2.47. The molecule has 0 saturated heterocycles. The molecule has 26 heavy (non-hydrogen) atoms. The maximum absolute atomic E-state index is 12.3. The molecule has 1 amide bonds. The van der Waals surface area contributed by atoms with Gasteiger partial charge in [0.05, 0.1) is 19.0 Å². The monoisotopic (exact) mass is 366 g/mol. The molecule has 0 unspecified atom stereocenters. The molecule has 0 aliphatic rings. The SMILES string of the molecule is CCCCCCCCCCOC(=O)[C@H](Cc1cnc[nH]1)NC(=O)[C@H](C)N. The van der Waals surface area contributed by atoms with E-state index in [4.69, 9.17) is 10.5 Å². The van der Waals surface area contributed by atoms with E-state index < -0.39 is 18.1 Å². The van der Waals surface area contributed by atoms with Crippen molar-refractivity contribution in [2.75, 3.05) is 6.61 Å². The normalized spacial score (nSPS) is 13.2. The lowest BCUT2D eigenvalue weighted by molar-refractivity contribution is -0.148. The van der Waals surface area contributed by atoms with Crippen LogP contribution in [0.1, 0.15) is 70.9 Å². The molecule has 0 saturated carbocycles. The van der Waals surface area contributed by atoms with Crippen molar-refractivity contribution in [3.63, 3.8) is 0 Å². The first kappa shape index (κ1) is 22.2. The van der Waals surface area contributed by atoms with E-state index in [0.29, 0.717) is 13.0 Å². The molecule has 1 rings (SSSR count). The Balaban J connectivity index is 2.30. The first-order chi connectivity index (χ1) is 12.5. The maximum atomic E-state index is 12.3. The van der Waals surface area contributed by atoms with Crippen molar-refractivity contribution >= 4 is 11.9 Å². The van der Waals surface area contributed by atoms with E-state index in [2.05, 4.69) is 22.2 Å². The Labute approximate surface area is 156 Å². The molecular formula is C19H34N4O3. The number of H-pyrrole nitrogens is 1. The van der Waals surface area contributed by atoms with Crippen LogP contribution in [-0.4, -0.2) is 40.5 Å². The molecule has 0 aliphatic heterocycles. The van der Waals surface area contributed by atoms with Crippen LogP contribution in [0, 0.1) is 0 Å². The summed E-state index contributed by atoms with van der Waals surface area (Å²) in [5, 5.41) is 2.65. The van der Waals surface area contributed by atoms with Gasteiger partial charge in [-0.1, -0.05) is 51.9 Å². The van der Waals surface area contributed by atoms with Crippen LogP contribution in [0.5, 0.6) is 0 Å².